The first kappa shape index (κ1) is 12.1. The van der Waals surface area contributed by atoms with E-state index in [4.69, 9.17) is 0 Å². The zero-order valence-electron chi connectivity index (χ0n) is 10.3. The Morgan fingerprint density at radius 3 is 2.39 bits per heavy atom. The van der Waals surface area contributed by atoms with Gasteiger partial charge < -0.3 is 4.74 Å². The second kappa shape index (κ2) is 4.87. The van der Waals surface area contributed by atoms with E-state index in [2.05, 4.69) is 25.1 Å². The van der Waals surface area contributed by atoms with Crippen molar-refractivity contribution in [2.45, 2.75) is 13.8 Å². The standard InChI is InChI=1S/C12H12N4O2/c1-7-4-5-9(12(17)18-3)6-10(7)11-15-13-8(2)14-16-11/h4-6H,1-3H3. The van der Waals surface area contributed by atoms with Crippen molar-refractivity contribution in [3.05, 3.63) is 35.2 Å². The van der Waals surface area contributed by atoms with Crippen LogP contribution in [0.25, 0.3) is 11.4 Å². The van der Waals surface area contributed by atoms with Gasteiger partial charge in [-0.3, -0.25) is 0 Å². The van der Waals surface area contributed by atoms with Gasteiger partial charge in [0.25, 0.3) is 0 Å². The molecule has 0 atom stereocenters. The van der Waals surface area contributed by atoms with Gasteiger partial charge in [0, 0.05) is 5.56 Å². The molecule has 92 valence electrons. The maximum atomic E-state index is 11.5. The van der Waals surface area contributed by atoms with Gasteiger partial charge in [0.15, 0.2) is 5.82 Å². The summed E-state index contributed by atoms with van der Waals surface area (Å²) in [7, 11) is 1.34. The number of esters is 1. The lowest BCUT2D eigenvalue weighted by atomic mass is 10.0. The van der Waals surface area contributed by atoms with E-state index in [0.717, 1.165) is 11.1 Å². The molecule has 2 rings (SSSR count). The Balaban J connectivity index is 2.49. The molecule has 6 heteroatoms. The molecule has 6 nitrogen and oxygen atoms in total. The van der Waals surface area contributed by atoms with Gasteiger partial charge >= 0.3 is 5.97 Å². The topological polar surface area (TPSA) is 77.9 Å². The minimum absolute atomic E-state index is 0.392. The molecule has 18 heavy (non-hydrogen) atoms. The second-order valence-electron chi connectivity index (χ2n) is 3.79. The molecule has 0 aliphatic rings. The number of ether oxygens (including phenoxy) is 1. The maximum Gasteiger partial charge on any atom is 0.337 e. The van der Waals surface area contributed by atoms with Gasteiger partial charge in [-0.05, 0) is 31.5 Å². The van der Waals surface area contributed by atoms with E-state index in [0.29, 0.717) is 17.2 Å². The average molecular weight is 244 g/mol. The Bertz CT molecular complexity index is 581. The first-order valence-electron chi connectivity index (χ1n) is 5.35. The number of hydrogen-bond donors (Lipinski definition) is 0. The molecule has 0 spiro atoms. The van der Waals surface area contributed by atoms with Gasteiger partial charge in [-0.25, -0.2) is 4.79 Å². The minimum Gasteiger partial charge on any atom is -0.465 e. The second-order valence-corrected chi connectivity index (χ2v) is 3.79. The Hall–Kier alpha value is -2.37. The molecule has 0 unspecified atom stereocenters. The zero-order valence-corrected chi connectivity index (χ0v) is 10.3. The van der Waals surface area contributed by atoms with Crippen LogP contribution in [0.2, 0.25) is 0 Å². The summed E-state index contributed by atoms with van der Waals surface area (Å²) in [6.45, 7) is 3.61. The van der Waals surface area contributed by atoms with Crippen LogP contribution in [0.5, 0.6) is 0 Å². The molecule has 1 aromatic carbocycles. The summed E-state index contributed by atoms with van der Waals surface area (Å²) in [6.07, 6.45) is 0. The Kier molecular flexibility index (Phi) is 3.27. The van der Waals surface area contributed by atoms with Crippen molar-refractivity contribution < 1.29 is 9.53 Å². The van der Waals surface area contributed by atoms with E-state index in [9.17, 15) is 4.79 Å². The fourth-order valence-electron chi connectivity index (χ4n) is 1.49. The van der Waals surface area contributed by atoms with Gasteiger partial charge in [-0.2, -0.15) is 0 Å². The smallest absolute Gasteiger partial charge is 0.337 e. The predicted molar refractivity (Wildman–Crippen MR) is 63.9 cm³/mol. The van der Waals surface area contributed by atoms with Crippen molar-refractivity contribution in [2.75, 3.05) is 7.11 Å². The first-order valence-corrected chi connectivity index (χ1v) is 5.35. The van der Waals surface area contributed by atoms with E-state index in [1.807, 2.05) is 13.0 Å². The Morgan fingerprint density at radius 2 is 1.78 bits per heavy atom. The number of aromatic nitrogens is 4. The molecule has 0 bridgehead atoms. The van der Waals surface area contributed by atoms with Crippen molar-refractivity contribution in [1.29, 1.82) is 0 Å². The minimum atomic E-state index is -0.399. The summed E-state index contributed by atoms with van der Waals surface area (Å²) < 4.78 is 4.68. The summed E-state index contributed by atoms with van der Waals surface area (Å²) in [4.78, 5) is 11.5. The van der Waals surface area contributed by atoms with E-state index in [1.165, 1.54) is 7.11 Å². The molecular formula is C12H12N4O2. The van der Waals surface area contributed by atoms with E-state index >= 15 is 0 Å². The molecule has 0 aliphatic heterocycles. The monoisotopic (exact) mass is 244 g/mol. The van der Waals surface area contributed by atoms with Crippen LogP contribution >= 0.6 is 0 Å². The molecule has 0 saturated carbocycles. The number of carbonyl (C=O) groups is 1. The van der Waals surface area contributed by atoms with Crippen LogP contribution in [0.3, 0.4) is 0 Å². The first-order chi connectivity index (χ1) is 8.61. The number of hydrogen-bond acceptors (Lipinski definition) is 6. The predicted octanol–water partition coefficient (Wildman–Crippen LogP) is 1.34. The van der Waals surface area contributed by atoms with Gasteiger partial charge in [0.05, 0.1) is 12.7 Å². The van der Waals surface area contributed by atoms with Crippen molar-refractivity contribution >= 4 is 5.97 Å². The summed E-state index contributed by atoms with van der Waals surface area (Å²) in [6, 6.07) is 5.18. The summed E-state index contributed by atoms with van der Waals surface area (Å²) in [5.74, 6) is 0.494. The molecule has 0 amide bonds. The van der Waals surface area contributed by atoms with Crippen LogP contribution in [-0.4, -0.2) is 33.5 Å². The lowest BCUT2D eigenvalue weighted by Gasteiger charge is -2.05. The number of methoxy groups -OCH3 is 1. The Labute approximate surface area is 104 Å². The van der Waals surface area contributed by atoms with Crippen LogP contribution < -0.4 is 0 Å². The van der Waals surface area contributed by atoms with Crippen molar-refractivity contribution in [3.8, 4) is 11.4 Å². The van der Waals surface area contributed by atoms with Gasteiger partial charge in [-0.15, -0.1) is 20.4 Å². The molecule has 0 N–H and O–H groups in total. The fraction of sp³-hybridized carbons (Fsp3) is 0.250. The maximum absolute atomic E-state index is 11.5. The molecule has 1 heterocycles. The van der Waals surface area contributed by atoms with Crippen molar-refractivity contribution in [1.82, 2.24) is 20.4 Å². The quantitative estimate of drug-likeness (QED) is 0.742. The number of carbonyl (C=O) groups excluding carboxylic acids is 1. The van der Waals surface area contributed by atoms with E-state index in [1.54, 1.807) is 19.1 Å². The fourth-order valence-corrected chi connectivity index (χ4v) is 1.49. The summed E-state index contributed by atoms with van der Waals surface area (Å²) in [5, 5.41) is 15.6. The van der Waals surface area contributed by atoms with Crippen LogP contribution in [-0.2, 0) is 4.74 Å². The van der Waals surface area contributed by atoms with Crippen molar-refractivity contribution in [3.63, 3.8) is 0 Å². The molecule has 2 aromatic rings. The highest BCUT2D eigenvalue weighted by Crippen LogP contribution is 2.20. The third-order valence-corrected chi connectivity index (χ3v) is 2.48. The molecule has 0 aliphatic carbocycles. The van der Waals surface area contributed by atoms with Crippen LogP contribution in [0.1, 0.15) is 21.7 Å². The molecule has 0 fully saturated rings. The molecule has 1 aromatic heterocycles. The van der Waals surface area contributed by atoms with Crippen LogP contribution in [0.15, 0.2) is 18.2 Å². The van der Waals surface area contributed by atoms with Crippen LogP contribution in [0.4, 0.5) is 0 Å². The van der Waals surface area contributed by atoms with Crippen molar-refractivity contribution in [2.24, 2.45) is 0 Å². The lowest BCUT2D eigenvalue weighted by molar-refractivity contribution is 0.0601. The highest BCUT2D eigenvalue weighted by Gasteiger charge is 2.11. The number of nitrogens with zero attached hydrogens (tertiary/aromatic N) is 4. The zero-order chi connectivity index (χ0) is 13.1. The number of benzene rings is 1. The molecular weight excluding hydrogens is 232 g/mol. The average Bonchev–Trinajstić information content (AvgIpc) is 2.39. The normalized spacial score (nSPS) is 10.2. The van der Waals surface area contributed by atoms with E-state index in [-0.39, 0.29) is 0 Å². The highest BCUT2D eigenvalue weighted by molar-refractivity contribution is 5.91. The molecule has 0 saturated heterocycles. The van der Waals surface area contributed by atoms with E-state index < -0.39 is 5.97 Å². The Morgan fingerprint density at radius 1 is 1.11 bits per heavy atom. The largest absolute Gasteiger partial charge is 0.465 e. The summed E-state index contributed by atoms with van der Waals surface area (Å²) in [5.41, 5.74) is 2.11. The van der Waals surface area contributed by atoms with Crippen LogP contribution in [0, 0.1) is 13.8 Å². The number of aryl methyl sites for hydroxylation is 2. The summed E-state index contributed by atoms with van der Waals surface area (Å²) >= 11 is 0. The highest BCUT2D eigenvalue weighted by atomic mass is 16.5. The van der Waals surface area contributed by atoms with Gasteiger partial charge in [0.1, 0.15) is 0 Å². The third-order valence-electron chi connectivity index (χ3n) is 2.48. The SMILES string of the molecule is COC(=O)c1ccc(C)c(-c2nnc(C)nn2)c1. The third kappa shape index (κ3) is 2.32. The van der Waals surface area contributed by atoms with Gasteiger partial charge in [0.2, 0.25) is 5.82 Å². The number of rotatable bonds is 2. The lowest BCUT2D eigenvalue weighted by Crippen LogP contribution is -2.04. The molecule has 0 radical (unpaired) electrons. The van der Waals surface area contributed by atoms with Gasteiger partial charge in [-0.1, -0.05) is 6.07 Å².